The molecule has 0 aromatic carbocycles. The summed E-state index contributed by atoms with van der Waals surface area (Å²) in [5, 5.41) is 14.1. The molecule has 2 heterocycles. The molecule has 1 aromatic heterocycles. The number of nitrogens with zero attached hydrogens (tertiary/aromatic N) is 3. The third-order valence-electron chi connectivity index (χ3n) is 3.11. The van der Waals surface area contributed by atoms with Gasteiger partial charge in [0.15, 0.2) is 5.82 Å². The van der Waals surface area contributed by atoms with Crippen molar-refractivity contribution in [2.75, 3.05) is 31.7 Å². The molecule has 0 saturated carbocycles. The summed E-state index contributed by atoms with van der Waals surface area (Å²) >= 11 is 0. The van der Waals surface area contributed by atoms with Crippen molar-refractivity contribution < 1.29 is 4.21 Å². The smallest absolute Gasteiger partial charge is 0.185 e. The molecule has 1 saturated heterocycles. The van der Waals surface area contributed by atoms with E-state index in [1.165, 1.54) is 0 Å². The molecule has 0 radical (unpaired) electrons. The number of anilines is 1. The highest BCUT2D eigenvalue weighted by molar-refractivity contribution is 7.93. The molecule has 0 aliphatic carbocycles. The van der Waals surface area contributed by atoms with Crippen molar-refractivity contribution in [3.63, 3.8) is 0 Å². The topological polar surface area (TPSA) is 79.3 Å². The zero-order chi connectivity index (χ0) is 13.0. The van der Waals surface area contributed by atoms with Crippen molar-refractivity contribution >= 4 is 21.2 Å². The summed E-state index contributed by atoms with van der Waals surface area (Å²) in [6.45, 7) is 1.82. The van der Waals surface area contributed by atoms with Crippen LogP contribution in [0.15, 0.2) is 16.6 Å². The fourth-order valence-corrected chi connectivity index (χ4v) is 3.75. The van der Waals surface area contributed by atoms with Gasteiger partial charge >= 0.3 is 0 Å². The molecule has 6 nitrogen and oxygen atoms in total. The standard InChI is InChI=1S/C11H19N5OS/c1-12-9-7-11(15-14-8-9)16-18(2,17)10-3-5-13-6-4-10/h7-8,10,13H,3-6H2,1-2H3,(H,12,15). The van der Waals surface area contributed by atoms with Crippen molar-refractivity contribution in [1.29, 1.82) is 0 Å². The van der Waals surface area contributed by atoms with Gasteiger partial charge in [-0.2, -0.15) is 9.46 Å². The van der Waals surface area contributed by atoms with Gasteiger partial charge in [0.25, 0.3) is 0 Å². The SMILES string of the molecule is CNc1cnnc(N=S(C)(=O)C2CCNCC2)c1. The minimum atomic E-state index is -2.26. The average molecular weight is 269 g/mol. The average Bonchev–Trinajstić information content (AvgIpc) is 2.39. The van der Waals surface area contributed by atoms with Crippen molar-refractivity contribution in [3.05, 3.63) is 12.3 Å². The zero-order valence-electron chi connectivity index (χ0n) is 10.7. The molecule has 7 heteroatoms. The Morgan fingerprint density at radius 2 is 2.22 bits per heavy atom. The molecule has 2 rings (SSSR count). The van der Waals surface area contributed by atoms with Crippen molar-refractivity contribution in [3.8, 4) is 0 Å². The van der Waals surface area contributed by atoms with Gasteiger partial charge in [-0.1, -0.05) is 0 Å². The number of nitrogens with one attached hydrogen (secondary N) is 2. The number of piperidine rings is 1. The lowest BCUT2D eigenvalue weighted by atomic mass is 10.2. The highest BCUT2D eigenvalue weighted by Gasteiger charge is 2.21. The van der Waals surface area contributed by atoms with Crippen LogP contribution in [0.3, 0.4) is 0 Å². The van der Waals surface area contributed by atoms with E-state index in [2.05, 4.69) is 25.2 Å². The summed E-state index contributed by atoms with van der Waals surface area (Å²) in [7, 11) is -0.454. The van der Waals surface area contributed by atoms with E-state index in [0.717, 1.165) is 31.6 Å². The normalized spacial score (nSPS) is 20.1. The third-order valence-corrected chi connectivity index (χ3v) is 5.37. The second-order valence-corrected chi connectivity index (χ2v) is 7.03. The third kappa shape index (κ3) is 3.17. The molecule has 1 fully saturated rings. The molecule has 1 atom stereocenters. The van der Waals surface area contributed by atoms with Crippen LogP contribution >= 0.6 is 0 Å². The molecule has 1 aliphatic heterocycles. The van der Waals surface area contributed by atoms with E-state index < -0.39 is 9.73 Å². The zero-order valence-corrected chi connectivity index (χ0v) is 11.5. The highest BCUT2D eigenvalue weighted by Crippen LogP contribution is 2.20. The van der Waals surface area contributed by atoms with E-state index in [0.29, 0.717) is 5.82 Å². The van der Waals surface area contributed by atoms with Gasteiger partial charge in [0, 0.05) is 24.6 Å². The molecule has 0 bridgehead atoms. The molecule has 2 N–H and O–H groups in total. The summed E-state index contributed by atoms with van der Waals surface area (Å²) < 4.78 is 16.9. The molecule has 1 aliphatic rings. The summed E-state index contributed by atoms with van der Waals surface area (Å²) in [5.41, 5.74) is 0.823. The highest BCUT2D eigenvalue weighted by atomic mass is 32.2. The van der Waals surface area contributed by atoms with Crippen LogP contribution in [-0.4, -0.2) is 46.0 Å². The van der Waals surface area contributed by atoms with Crippen molar-refractivity contribution in [2.45, 2.75) is 18.1 Å². The number of hydrogen-bond acceptors (Lipinski definition) is 6. The Hall–Kier alpha value is -1.21. The van der Waals surface area contributed by atoms with E-state index in [1.54, 1.807) is 25.6 Å². The van der Waals surface area contributed by atoms with Crippen LogP contribution in [0.25, 0.3) is 0 Å². The fraction of sp³-hybridized carbons (Fsp3) is 0.636. The first-order valence-corrected chi connectivity index (χ1v) is 8.02. The predicted molar refractivity (Wildman–Crippen MR) is 73.6 cm³/mol. The Labute approximate surface area is 108 Å². The molecule has 1 unspecified atom stereocenters. The first kappa shape index (κ1) is 13.2. The Kier molecular flexibility index (Phi) is 4.13. The fourth-order valence-electron chi connectivity index (χ4n) is 2.03. The van der Waals surface area contributed by atoms with E-state index in [-0.39, 0.29) is 5.25 Å². The summed E-state index contributed by atoms with van der Waals surface area (Å²) in [4.78, 5) is 0. The lowest BCUT2D eigenvalue weighted by Gasteiger charge is -2.23. The molecule has 100 valence electrons. The predicted octanol–water partition coefficient (Wildman–Crippen LogP) is 1.000. The van der Waals surface area contributed by atoms with Crippen molar-refractivity contribution in [1.82, 2.24) is 15.5 Å². The minimum Gasteiger partial charge on any atom is -0.387 e. The number of rotatable bonds is 3. The Morgan fingerprint density at radius 1 is 1.50 bits per heavy atom. The second-order valence-electron chi connectivity index (χ2n) is 4.45. The number of hydrogen-bond donors (Lipinski definition) is 2. The Balaban J connectivity index is 2.26. The lowest BCUT2D eigenvalue weighted by molar-refractivity contribution is 0.518. The van der Waals surface area contributed by atoms with E-state index >= 15 is 0 Å². The second kappa shape index (κ2) is 5.62. The quantitative estimate of drug-likeness (QED) is 0.856. The van der Waals surface area contributed by atoms with Gasteiger partial charge in [-0.05, 0) is 25.9 Å². The van der Waals surface area contributed by atoms with Gasteiger partial charge in [0.1, 0.15) is 0 Å². The van der Waals surface area contributed by atoms with Gasteiger partial charge in [-0.15, -0.1) is 5.10 Å². The molecule has 0 amide bonds. The van der Waals surface area contributed by atoms with Gasteiger partial charge in [-0.3, -0.25) is 0 Å². The summed E-state index contributed by atoms with van der Waals surface area (Å²) in [6, 6.07) is 1.76. The molecular weight excluding hydrogens is 250 g/mol. The number of aromatic nitrogens is 2. The summed E-state index contributed by atoms with van der Waals surface area (Å²) in [5.74, 6) is 0.438. The van der Waals surface area contributed by atoms with Crippen molar-refractivity contribution in [2.24, 2.45) is 4.36 Å². The Bertz CT molecular complexity index is 518. The Morgan fingerprint density at radius 3 is 2.89 bits per heavy atom. The monoisotopic (exact) mass is 269 g/mol. The maximum atomic E-state index is 12.6. The van der Waals surface area contributed by atoms with Gasteiger partial charge < -0.3 is 10.6 Å². The van der Waals surface area contributed by atoms with Crippen LogP contribution in [-0.2, 0) is 9.73 Å². The van der Waals surface area contributed by atoms with Crippen LogP contribution in [0.5, 0.6) is 0 Å². The van der Waals surface area contributed by atoms with Crippen LogP contribution in [0, 0.1) is 0 Å². The minimum absolute atomic E-state index is 0.138. The lowest BCUT2D eigenvalue weighted by Crippen LogP contribution is -2.35. The van der Waals surface area contributed by atoms with E-state index in [9.17, 15) is 4.21 Å². The van der Waals surface area contributed by atoms with Crippen LogP contribution in [0.1, 0.15) is 12.8 Å². The van der Waals surface area contributed by atoms with Crippen LogP contribution in [0.4, 0.5) is 11.5 Å². The van der Waals surface area contributed by atoms with Gasteiger partial charge in [0.2, 0.25) is 0 Å². The molecular formula is C11H19N5OS. The maximum Gasteiger partial charge on any atom is 0.185 e. The van der Waals surface area contributed by atoms with Gasteiger partial charge in [-0.25, -0.2) is 4.21 Å². The van der Waals surface area contributed by atoms with E-state index in [1.807, 2.05) is 0 Å². The first-order valence-electron chi connectivity index (χ1n) is 6.04. The molecule has 1 aromatic rings. The maximum absolute atomic E-state index is 12.6. The molecule has 18 heavy (non-hydrogen) atoms. The largest absolute Gasteiger partial charge is 0.387 e. The van der Waals surface area contributed by atoms with Gasteiger partial charge in [0.05, 0.1) is 21.6 Å². The van der Waals surface area contributed by atoms with Crippen LogP contribution in [0.2, 0.25) is 0 Å². The van der Waals surface area contributed by atoms with Crippen LogP contribution < -0.4 is 10.6 Å². The first-order chi connectivity index (χ1) is 8.62. The molecule has 0 spiro atoms. The summed E-state index contributed by atoms with van der Waals surface area (Å²) in [6.07, 6.45) is 5.13. The van der Waals surface area contributed by atoms with E-state index in [4.69, 9.17) is 0 Å².